The number of hydrogen-bond donors (Lipinski definition) is 1. The van der Waals surface area contributed by atoms with Gasteiger partial charge in [-0.2, -0.15) is 0 Å². The Labute approximate surface area is 104 Å². The molecule has 1 N–H and O–H groups in total. The van der Waals surface area contributed by atoms with Crippen LogP contribution < -0.4 is 5.32 Å². The Kier molecular flexibility index (Phi) is 3.79. The van der Waals surface area contributed by atoms with E-state index >= 15 is 0 Å². The Morgan fingerprint density at radius 2 is 1.94 bits per heavy atom. The van der Waals surface area contributed by atoms with Crippen molar-refractivity contribution in [2.24, 2.45) is 5.41 Å². The van der Waals surface area contributed by atoms with Crippen LogP contribution in [0.3, 0.4) is 0 Å². The minimum Gasteiger partial charge on any atom is -0.314 e. The molecule has 3 heteroatoms. The lowest BCUT2D eigenvalue weighted by Crippen LogP contribution is -2.48. The molecule has 0 amide bonds. The second-order valence-corrected chi connectivity index (χ2v) is 5.81. The van der Waals surface area contributed by atoms with Gasteiger partial charge in [0, 0.05) is 32.4 Å². The van der Waals surface area contributed by atoms with Crippen molar-refractivity contribution in [3.8, 4) is 0 Å². The summed E-state index contributed by atoms with van der Waals surface area (Å²) < 4.78 is 0. The maximum Gasteiger partial charge on any atom is 0.0580 e. The molecule has 2 heterocycles. The van der Waals surface area contributed by atoms with Gasteiger partial charge in [0.05, 0.1) is 11.7 Å². The van der Waals surface area contributed by atoms with Crippen LogP contribution in [0.1, 0.15) is 32.5 Å². The molecule has 1 aromatic heterocycles. The molecule has 0 aromatic carbocycles. The van der Waals surface area contributed by atoms with E-state index in [1.54, 1.807) is 0 Å². The van der Waals surface area contributed by atoms with E-state index in [9.17, 15) is 0 Å². The van der Waals surface area contributed by atoms with Gasteiger partial charge in [0.15, 0.2) is 0 Å². The topological polar surface area (TPSA) is 28.2 Å². The van der Waals surface area contributed by atoms with Crippen LogP contribution in [-0.4, -0.2) is 36.1 Å². The summed E-state index contributed by atoms with van der Waals surface area (Å²) in [6.07, 6.45) is 1.90. The number of nitrogens with zero attached hydrogens (tertiary/aromatic N) is 2. The zero-order valence-corrected chi connectivity index (χ0v) is 11.1. The fourth-order valence-corrected chi connectivity index (χ4v) is 2.66. The van der Waals surface area contributed by atoms with Gasteiger partial charge < -0.3 is 5.32 Å². The molecule has 94 valence electrons. The molecule has 17 heavy (non-hydrogen) atoms. The first-order valence-electron chi connectivity index (χ1n) is 6.45. The van der Waals surface area contributed by atoms with Gasteiger partial charge in [-0.05, 0) is 17.5 Å². The maximum atomic E-state index is 4.56. The SMILES string of the molecule is CC(C)(C)[C@@H](c1ccccn1)N1CCNCC1. The number of piperazine rings is 1. The van der Waals surface area contributed by atoms with Gasteiger partial charge in [-0.25, -0.2) is 0 Å². The van der Waals surface area contributed by atoms with Gasteiger partial charge in [0.1, 0.15) is 0 Å². The predicted molar refractivity (Wildman–Crippen MR) is 70.9 cm³/mol. The van der Waals surface area contributed by atoms with Crippen LogP contribution in [0.2, 0.25) is 0 Å². The highest BCUT2D eigenvalue weighted by Gasteiger charge is 2.33. The fourth-order valence-electron chi connectivity index (χ4n) is 2.66. The predicted octanol–water partition coefficient (Wildman–Crippen LogP) is 2.07. The Hall–Kier alpha value is -0.930. The van der Waals surface area contributed by atoms with Gasteiger partial charge >= 0.3 is 0 Å². The quantitative estimate of drug-likeness (QED) is 0.847. The van der Waals surface area contributed by atoms with E-state index in [-0.39, 0.29) is 5.41 Å². The minimum atomic E-state index is 0.214. The van der Waals surface area contributed by atoms with Crippen molar-refractivity contribution < 1.29 is 0 Å². The molecule has 0 spiro atoms. The molecule has 1 fully saturated rings. The van der Waals surface area contributed by atoms with E-state index in [2.05, 4.69) is 48.1 Å². The monoisotopic (exact) mass is 233 g/mol. The first kappa shape index (κ1) is 12.5. The van der Waals surface area contributed by atoms with Crippen molar-refractivity contribution in [3.63, 3.8) is 0 Å². The maximum absolute atomic E-state index is 4.56. The molecule has 3 nitrogen and oxygen atoms in total. The van der Waals surface area contributed by atoms with Crippen molar-refractivity contribution in [2.45, 2.75) is 26.8 Å². The smallest absolute Gasteiger partial charge is 0.0580 e. The Balaban J connectivity index is 2.25. The number of rotatable bonds is 2. The lowest BCUT2D eigenvalue weighted by atomic mass is 9.83. The molecule has 1 saturated heterocycles. The second kappa shape index (κ2) is 5.15. The number of aromatic nitrogens is 1. The summed E-state index contributed by atoms with van der Waals surface area (Å²) in [4.78, 5) is 7.11. The van der Waals surface area contributed by atoms with Gasteiger partial charge in [-0.15, -0.1) is 0 Å². The summed E-state index contributed by atoms with van der Waals surface area (Å²) in [7, 11) is 0. The van der Waals surface area contributed by atoms with E-state index < -0.39 is 0 Å². The van der Waals surface area contributed by atoms with Gasteiger partial charge in [0.25, 0.3) is 0 Å². The fraction of sp³-hybridized carbons (Fsp3) is 0.643. The third-order valence-corrected chi connectivity index (χ3v) is 3.30. The highest BCUT2D eigenvalue weighted by Crippen LogP contribution is 2.36. The molecule has 1 aliphatic heterocycles. The molecular weight excluding hydrogens is 210 g/mol. The van der Waals surface area contributed by atoms with E-state index in [1.165, 1.54) is 5.69 Å². The van der Waals surface area contributed by atoms with Crippen molar-refractivity contribution in [1.29, 1.82) is 0 Å². The van der Waals surface area contributed by atoms with Crippen molar-refractivity contribution in [2.75, 3.05) is 26.2 Å². The van der Waals surface area contributed by atoms with E-state index in [0.717, 1.165) is 26.2 Å². The summed E-state index contributed by atoms with van der Waals surface area (Å²) in [6, 6.07) is 6.63. The van der Waals surface area contributed by atoms with Crippen LogP contribution in [-0.2, 0) is 0 Å². The van der Waals surface area contributed by atoms with E-state index in [0.29, 0.717) is 6.04 Å². The van der Waals surface area contributed by atoms with Crippen LogP contribution in [0, 0.1) is 5.41 Å². The summed E-state index contributed by atoms with van der Waals surface area (Å²) in [5.41, 5.74) is 1.41. The molecule has 1 aromatic rings. The third-order valence-electron chi connectivity index (χ3n) is 3.30. The summed E-state index contributed by atoms with van der Waals surface area (Å²) >= 11 is 0. The molecule has 1 atom stereocenters. The summed E-state index contributed by atoms with van der Waals surface area (Å²) in [5.74, 6) is 0. The molecule has 2 rings (SSSR count). The normalized spacial score (nSPS) is 20.2. The van der Waals surface area contributed by atoms with Crippen molar-refractivity contribution in [1.82, 2.24) is 15.2 Å². The average Bonchev–Trinajstić information content (AvgIpc) is 2.30. The largest absolute Gasteiger partial charge is 0.314 e. The number of pyridine rings is 1. The van der Waals surface area contributed by atoms with E-state index in [4.69, 9.17) is 0 Å². The van der Waals surface area contributed by atoms with Crippen LogP contribution >= 0.6 is 0 Å². The van der Waals surface area contributed by atoms with Crippen LogP contribution in [0.5, 0.6) is 0 Å². The zero-order chi connectivity index (χ0) is 12.3. The summed E-state index contributed by atoms with van der Waals surface area (Å²) in [6.45, 7) is 11.3. The van der Waals surface area contributed by atoms with Crippen molar-refractivity contribution >= 4 is 0 Å². The summed E-state index contributed by atoms with van der Waals surface area (Å²) in [5, 5.41) is 3.41. The molecule has 1 aliphatic rings. The third kappa shape index (κ3) is 3.05. The first-order valence-corrected chi connectivity index (χ1v) is 6.45. The number of nitrogens with one attached hydrogen (secondary N) is 1. The lowest BCUT2D eigenvalue weighted by Gasteiger charge is -2.41. The van der Waals surface area contributed by atoms with Gasteiger partial charge in [0.2, 0.25) is 0 Å². The highest BCUT2D eigenvalue weighted by atomic mass is 15.2. The molecule has 0 radical (unpaired) electrons. The van der Waals surface area contributed by atoms with E-state index in [1.807, 2.05) is 12.3 Å². The lowest BCUT2D eigenvalue weighted by molar-refractivity contribution is 0.0831. The average molecular weight is 233 g/mol. The van der Waals surface area contributed by atoms with Gasteiger partial charge in [-0.1, -0.05) is 26.8 Å². The van der Waals surface area contributed by atoms with Crippen LogP contribution in [0.4, 0.5) is 0 Å². The zero-order valence-electron chi connectivity index (χ0n) is 11.1. The highest BCUT2D eigenvalue weighted by molar-refractivity contribution is 5.12. The van der Waals surface area contributed by atoms with Crippen LogP contribution in [0.15, 0.2) is 24.4 Å². The number of hydrogen-bond acceptors (Lipinski definition) is 3. The van der Waals surface area contributed by atoms with Crippen LogP contribution in [0.25, 0.3) is 0 Å². The molecule has 0 bridgehead atoms. The van der Waals surface area contributed by atoms with Gasteiger partial charge in [-0.3, -0.25) is 9.88 Å². The Morgan fingerprint density at radius 1 is 1.24 bits per heavy atom. The first-order chi connectivity index (χ1) is 8.09. The second-order valence-electron chi connectivity index (χ2n) is 5.81. The standard InChI is InChI=1S/C14H23N3/c1-14(2,3)13(12-6-4-5-7-16-12)17-10-8-15-9-11-17/h4-7,13,15H,8-11H2,1-3H3/t13-/m1/s1. The molecule has 0 unspecified atom stereocenters. The molecular formula is C14H23N3. The molecule has 0 saturated carbocycles. The minimum absolute atomic E-state index is 0.214. The van der Waals surface area contributed by atoms with Crippen molar-refractivity contribution in [3.05, 3.63) is 30.1 Å². The molecule has 0 aliphatic carbocycles. The Bertz CT molecular complexity index is 336. The Morgan fingerprint density at radius 3 is 2.47 bits per heavy atom.